The monoisotopic (exact) mass is 207 g/mol. The van der Waals surface area contributed by atoms with Gasteiger partial charge in [-0.3, -0.25) is 4.90 Å². The van der Waals surface area contributed by atoms with Gasteiger partial charge in [-0.1, -0.05) is 30.9 Å². The largest absolute Gasteiger partial charge is 0.393 e. The van der Waals surface area contributed by atoms with Gasteiger partial charge in [0.15, 0.2) is 0 Å². The fourth-order valence-corrected chi connectivity index (χ4v) is 1.72. The second-order valence-electron chi connectivity index (χ2n) is 4.05. The lowest BCUT2D eigenvalue weighted by atomic mass is 10.1. The van der Waals surface area contributed by atoms with Crippen molar-refractivity contribution in [2.45, 2.75) is 25.9 Å². The average Bonchev–Trinajstić information content (AvgIpc) is 2.22. The molecule has 1 aliphatic rings. The van der Waals surface area contributed by atoms with Crippen LogP contribution in [0.5, 0.6) is 0 Å². The molecule has 0 bridgehead atoms. The first-order valence-electron chi connectivity index (χ1n) is 5.60. The van der Waals surface area contributed by atoms with Gasteiger partial charge in [0.05, 0.1) is 6.10 Å². The van der Waals surface area contributed by atoms with Crippen molar-refractivity contribution in [2.75, 3.05) is 19.6 Å². The topological polar surface area (TPSA) is 23.5 Å². The maximum atomic E-state index is 9.36. The highest BCUT2D eigenvalue weighted by atomic mass is 16.3. The van der Waals surface area contributed by atoms with Crippen molar-refractivity contribution in [3.05, 3.63) is 36.5 Å². The molecule has 84 valence electrons. The molecule has 0 aromatic rings. The molecule has 2 nitrogen and oxygen atoms in total. The maximum Gasteiger partial charge on any atom is 0.0564 e. The number of hydrogen-bond donors (Lipinski definition) is 1. The van der Waals surface area contributed by atoms with E-state index in [0.29, 0.717) is 0 Å². The molecule has 1 saturated heterocycles. The van der Waals surface area contributed by atoms with Crippen LogP contribution in [0, 0.1) is 0 Å². The van der Waals surface area contributed by atoms with Gasteiger partial charge >= 0.3 is 0 Å². The van der Waals surface area contributed by atoms with Gasteiger partial charge < -0.3 is 5.11 Å². The van der Waals surface area contributed by atoms with Gasteiger partial charge in [0.2, 0.25) is 0 Å². The third-order valence-electron chi connectivity index (χ3n) is 2.62. The Balaban J connectivity index is 2.26. The third kappa shape index (κ3) is 4.96. The summed E-state index contributed by atoms with van der Waals surface area (Å²) in [5.74, 6) is 0. The first-order valence-corrected chi connectivity index (χ1v) is 5.60. The quantitative estimate of drug-likeness (QED) is 0.714. The number of aliphatic hydroxyl groups is 1. The third-order valence-corrected chi connectivity index (χ3v) is 2.62. The number of aliphatic hydroxyl groups excluding tert-OH is 1. The highest BCUT2D eigenvalue weighted by Crippen LogP contribution is 2.11. The zero-order valence-electron chi connectivity index (χ0n) is 9.52. The predicted octanol–water partition coefficient (Wildman–Crippen LogP) is 2.13. The Kier molecular flexibility index (Phi) is 5.37. The van der Waals surface area contributed by atoms with Gasteiger partial charge in [-0.05, 0) is 25.3 Å². The average molecular weight is 207 g/mol. The molecule has 0 aromatic carbocycles. The highest BCUT2D eigenvalue weighted by Gasteiger charge is 2.16. The Morgan fingerprint density at radius 2 is 2.07 bits per heavy atom. The number of hydrogen-bond acceptors (Lipinski definition) is 2. The van der Waals surface area contributed by atoms with Crippen LogP contribution in [-0.4, -0.2) is 35.7 Å². The summed E-state index contributed by atoms with van der Waals surface area (Å²) in [4.78, 5) is 2.34. The van der Waals surface area contributed by atoms with Crippen LogP contribution in [-0.2, 0) is 0 Å². The minimum atomic E-state index is -0.0897. The first kappa shape index (κ1) is 12.2. The number of piperidine rings is 1. The molecule has 1 fully saturated rings. The molecular formula is C13H21NO. The standard InChI is InChI=1S/C13H21NO/c1-3-4-5-6-12(2)11-14-9-7-13(15)8-10-14/h3-6,13,15H,2,7-11H2,1H3/b4-3-,6-5-. The van der Waals surface area contributed by atoms with Crippen LogP contribution in [0.1, 0.15) is 19.8 Å². The van der Waals surface area contributed by atoms with Crippen molar-refractivity contribution in [1.29, 1.82) is 0 Å². The van der Waals surface area contributed by atoms with E-state index in [2.05, 4.69) is 11.5 Å². The van der Waals surface area contributed by atoms with Crippen LogP contribution >= 0.6 is 0 Å². The maximum absolute atomic E-state index is 9.36. The Morgan fingerprint density at radius 1 is 1.40 bits per heavy atom. The van der Waals surface area contributed by atoms with Crippen molar-refractivity contribution in [3.8, 4) is 0 Å². The smallest absolute Gasteiger partial charge is 0.0564 e. The molecule has 0 atom stereocenters. The molecule has 0 unspecified atom stereocenters. The summed E-state index contributed by atoms with van der Waals surface area (Å²) in [6, 6.07) is 0. The molecule has 0 aliphatic carbocycles. The van der Waals surface area contributed by atoms with Gasteiger partial charge in [0.1, 0.15) is 0 Å². The lowest BCUT2D eigenvalue weighted by Crippen LogP contribution is -2.36. The molecule has 1 aliphatic heterocycles. The number of rotatable bonds is 4. The second-order valence-corrected chi connectivity index (χ2v) is 4.05. The van der Waals surface area contributed by atoms with Crippen LogP contribution in [0.25, 0.3) is 0 Å². The SMILES string of the molecule is C=C(/C=C\C=C/C)CN1CCC(O)CC1. The molecule has 0 radical (unpaired) electrons. The number of nitrogens with zero attached hydrogens (tertiary/aromatic N) is 1. The van der Waals surface area contributed by atoms with E-state index < -0.39 is 0 Å². The van der Waals surface area contributed by atoms with Gasteiger partial charge in [-0.2, -0.15) is 0 Å². The summed E-state index contributed by atoms with van der Waals surface area (Å²) in [5.41, 5.74) is 1.13. The minimum Gasteiger partial charge on any atom is -0.393 e. The zero-order chi connectivity index (χ0) is 11.1. The van der Waals surface area contributed by atoms with Crippen LogP contribution in [0.15, 0.2) is 36.5 Å². The molecule has 1 heterocycles. The van der Waals surface area contributed by atoms with Crippen LogP contribution in [0.2, 0.25) is 0 Å². The Morgan fingerprint density at radius 3 is 2.67 bits per heavy atom. The zero-order valence-corrected chi connectivity index (χ0v) is 9.52. The summed E-state index contributed by atoms with van der Waals surface area (Å²) in [6.45, 7) is 8.90. The molecule has 0 aromatic heterocycles. The Bertz CT molecular complexity index is 247. The normalized spacial score (nSPS) is 20.4. The summed E-state index contributed by atoms with van der Waals surface area (Å²) in [7, 11) is 0. The molecule has 0 amide bonds. The van der Waals surface area contributed by atoms with Crippen LogP contribution in [0.3, 0.4) is 0 Å². The lowest BCUT2D eigenvalue weighted by Gasteiger charge is -2.29. The van der Waals surface area contributed by atoms with E-state index >= 15 is 0 Å². The highest BCUT2D eigenvalue weighted by molar-refractivity contribution is 5.20. The number of allylic oxidation sites excluding steroid dienone is 3. The van der Waals surface area contributed by atoms with Gasteiger partial charge in [-0.25, -0.2) is 0 Å². The van der Waals surface area contributed by atoms with Crippen molar-refractivity contribution >= 4 is 0 Å². The van der Waals surface area contributed by atoms with E-state index in [4.69, 9.17) is 0 Å². The van der Waals surface area contributed by atoms with Crippen LogP contribution in [0.4, 0.5) is 0 Å². The van der Waals surface area contributed by atoms with E-state index in [1.165, 1.54) is 0 Å². The Labute approximate surface area is 92.6 Å². The molecular weight excluding hydrogens is 186 g/mol. The van der Waals surface area contributed by atoms with E-state index in [1.54, 1.807) is 0 Å². The summed E-state index contributed by atoms with van der Waals surface area (Å²) in [6.07, 6.45) is 9.77. The summed E-state index contributed by atoms with van der Waals surface area (Å²) in [5, 5.41) is 9.36. The van der Waals surface area contributed by atoms with Crippen LogP contribution < -0.4 is 0 Å². The molecule has 1 N–H and O–H groups in total. The summed E-state index contributed by atoms with van der Waals surface area (Å²) < 4.78 is 0. The lowest BCUT2D eigenvalue weighted by molar-refractivity contribution is 0.0873. The van der Waals surface area contributed by atoms with Crippen molar-refractivity contribution in [1.82, 2.24) is 4.90 Å². The molecule has 0 saturated carbocycles. The van der Waals surface area contributed by atoms with Gasteiger partial charge in [-0.15, -0.1) is 0 Å². The number of likely N-dealkylation sites (tertiary alicyclic amines) is 1. The Hall–Kier alpha value is -0.860. The van der Waals surface area contributed by atoms with E-state index in [1.807, 2.05) is 31.2 Å². The van der Waals surface area contributed by atoms with Gasteiger partial charge in [0, 0.05) is 19.6 Å². The van der Waals surface area contributed by atoms with Crippen molar-refractivity contribution in [3.63, 3.8) is 0 Å². The first-order chi connectivity index (χ1) is 7.22. The van der Waals surface area contributed by atoms with E-state index in [-0.39, 0.29) is 6.10 Å². The fraction of sp³-hybridized carbons (Fsp3) is 0.538. The molecule has 2 heteroatoms. The summed E-state index contributed by atoms with van der Waals surface area (Å²) >= 11 is 0. The minimum absolute atomic E-state index is 0.0897. The van der Waals surface area contributed by atoms with Gasteiger partial charge in [0.25, 0.3) is 0 Å². The molecule has 0 spiro atoms. The fourth-order valence-electron chi connectivity index (χ4n) is 1.72. The van der Waals surface area contributed by atoms with Crippen molar-refractivity contribution in [2.24, 2.45) is 0 Å². The van der Waals surface area contributed by atoms with Crippen molar-refractivity contribution < 1.29 is 5.11 Å². The predicted molar refractivity (Wildman–Crippen MR) is 64.8 cm³/mol. The van der Waals surface area contributed by atoms with E-state index in [9.17, 15) is 5.11 Å². The second kappa shape index (κ2) is 6.59. The van der Waals surface area contributed by atoms with E-state index in [0.717, 1.165) is 38.0 Å². The molecule has 1 rings (SSSR count). The molecule has 15 heavy (non-hydrogen) atoms.